The summed E-state index contributed by atoms with van der Waals surface area (Å²) in [5.41, 5.74) is 1.72. The zero-order valence-corrected chi connectivity index (χ0v) is 18.6. The van der Waals surface area contributed by atoms with Crippen LogP contribution in [0.15, 0.2) is 47.4 Å². The third kappa shape index (κ3) is 7.75. The van der Waals surface area contributed by atoms with Crippen molar-refractivity contribution in [1.82, 2.24) is 15.3 Å². The van der Waals surface area contributed by atoms with Crippen LogP contribution in [-0.4, -0.2) is 42.0 Å². The second kappa shape index (κ2) is 10.6. The molecule has 0 bridgehead atoms. The number of aryl methyl sites for hydroxylation is 2. The van der Waals surface area contributed by atoms with E-state index in [4.69, 9.17) is 12.2 Å². The van der Waals surface area contributed by atoms with Crippen LogP contribution in [0.1, 0.15) is 18.3 Å². The molecule has 12 heteroatoms. The van der Waals surface area contributed by atoms with Crippen LogP contribution in [0, 0.1) is 13.8 Å². The van der Waals surface area contributed by atoms with Crippen LogP contribution in [0.2, 0.25) is 0 Å². The Bertz CT molecular complexity index is 1090. The van der Waals surface area contributed by atoms with Gasteiger partial charge in [-0.25, -0.2) is 27.9 Å². The summed E-state index contributed by atoms with van der Waals surface area (Å²) in [6, 6.07) is 7.40. The standard InChI is InChI=1S/C19H21N5O5S2/c1-4-29-17(26)10-9-16(25)23-19(30)22-14-5-7-15(8-6-14)31(27,28)24-18-20-12(2)11-13(3)21-18/h5-11H,4H2,1-3H3,(H,20,21,24)(H2,22,23,25,30). The van der Waals surface area contributed by atoms with Gasteiger partial charge in [0.15, 0.2) is 5.11 Å². The Morgan fingerprint density at radius 2 is 1.71 bits per heavy atom. The maximum atomic E-state index is 12.5. The van der Waals surface area contributed by atoms with Crippen LogP contribution in [0.4, 0.5) is 11.6 Å². The summed E-state index contributed by atoms with van der Waals surface area (Å²) < 4.78 is 32.1. The normalized spacial score (nSPS) is 11.1. The van der Waals surface area contributed by atoms with E-state index in [2.05, 4.69) is 30.1 Å². The molecule has 3 N–H and O–H groups in total. The van der Waals surface area contributed by atoms with Crippen LogP contribution in [0.5, 0.6) is 0 Å². The highest BCUT2D eigenvalue weighted by Crippen LogP contribution is 2.17. The van der Waals surface area contributed by atoms with Gasteiger partial charge in [0.1, 0.15) is 0 Å². The Balaban J connectivity index is 1.98. The summed E-state index contributed by atoms with van der Waals surface area (Å²) in [5.74, 6) is -1.28. The number of rotatable bonds is 7. The number of ether oxygens (including phenoxy) is 1. The van der Waals surface area contributed by atoms with Crippen molar-refractivity contribution >= 4 is 50.9 Å². The molecule has 0 aliphatic carbocycles. The third-order valence-corrected chi connectivity index (χ3v) is 5.07. The number of anilines is 2. The number of esters is 1. The maximum absolute atomic E-state index is 12.5. The van der Waals surface area contributed by atoms with Gasteiger partial charge in [0.25, 0.3) is 10.0 Å². The molecule has 2 aromatic rings. The van der Waals surface area contributed by atoms with Crippen LogP contribution < -0.4 is 15.4 Å². The molecular formula is C19H21N5O5S2. The molecule has 1 heterocycles. The Morgan fingerprint density at radius 3 is 2.29 bits per heavy atom. The first-order valence-electron chi connectivity index (χ1n) is 9.01. The fourth-order valence-corrected chi connectivity index (χ4v) is 3.48. The molecular weight excluding hydrogens is 442 g/mol. The second-order valence-corrected chi connectivity index (χ2v) is 8.22. The van der Waals surface area contributed by atoms with Crippen molar-refractivity contribution in [2.75, 3.05) is 16.6 Å². The minimum Gasteiger partial charge on any atom is -0.463 e. The van der Waals surface area contributed by atoms with E-state index in [1.165, 1.54) is 24.3 Å². The molecule has 0 radical (unpaired) electrons. The minimum absolute atomic E-state index is 0.00636. The monoisotopic (exact) mass is 463 g/mol. The van der Waals surface area contributed by atoms with Gasteiger partial charge < -0.3 is 10.1 Å². The fraction of sp³-hybridized carbons (Fsp3) is 0.211. The third-order valence-electron chi connectivity index (χ3n) is 3.52. The van der Waals surface area contributed by atoms with E-state index in [1.54, 1.807) is 26.8 Å². The molecule has 10 nitrogen and oxygen atoms in total. The van der Waals surface area contributed by atoms with Crippen LogP contribution in [-0.2, 0) is 24.3 Å². The molecule has 0 aliphatic heterocycles. The number of carbonyl (C=O) groups is 2. The van der Waals surface area contributed by atoms with E-state index in [9.17, 15) is 18.0 Å². The van der Waals surface area contributed by atoms with Gasteiger partial charge in [-0.1, -0.05) is 0 Å². The number of carbonyl (C=O) groups excluding carboxylic acids is 2. The number of hydrogen-bond acceptors (Lipinski definition) is 8. The van der Waals surface area contributed by atoms with Crippen molar-refractivity contribution in [3.05, 3.63) is 53.9 Å². The van der Waals surface area contributed by atoms with Crippen LogP contribution >= 0.6 is 12.2 Å². The Kier molecular flexibility index (Phi) is 8.16. The van der Waals surface area contributed by atoms with Gasteiger partial charge in [0.2, 0.25) is 11.9 Å². The molecule has 0 saturated carbocycles. The Labute approximate surface area is 185 Å². The molecule has 0 spiro atoms. The van der Waals surface area contributed by atoms with Crippen molar-refractivity contribution < 1.29 is 22.7 Å². The van der Waals surface area contributed by atoms with Crippen molar-refractivity contribution in [3.63, 3.8) is 0 Å². The van der Waals surface area contributed by atoms with Crippen molar-refractivity contribution in [2.45, 2.75) is 25.7 Å². The van der Waals surface area contributed by atoms with E-state index in [0.717, 1.165) is 12.2 Å². The molecule has 0 atom stereocenters. The lowest BCUT2D eigenvalue weighted by Gasteiger charge is -2.10. The van der Waals surface area contributed by atoms with E-state index in [0.29, 0.717) is 17.1 Å². The molecule has 0 saturated heterocycles. The van der Waals surface area contributed by atoms with E-state index < -0.39 is 21.9 Å². The van der Waals surface area contributed by atoms with Gasteiger partial charge >= 0.3 is 5.97 Å². The lowest BCUT2D eigenvalue weighted by molar-refractivity contribution is -0.137. The summed E-state index contributed by atoms with van der Waals surface area (Å²) >= 11 is 5.02. The summed E-state index contributed by atoms with van der Waals surface area (Å²) in [7, 11) is -3.89. The highest BCUT2D eigenvalue weighted by Gasteiger charge is 2.16. The number of sulfonamides is 1. The zero-order valence-electron chi connectivity index (χ0n) is 17.0. The zero-order chi connectivity index (χ0) is 23.0. The van der Waals surface area contributed by atoms with Gasteiger partial charge in [-0.3, -0.25) is 10.1 Å². The molecule has 0 unspecified atom stereocenters. The first-order valence-corrected chi connectivity index (χ1v) is 10.9. The molecule has 164 valence electrons. The van der Waals surface area contributed by atoms with Crippen molar-refractivity contribution in [2.24, 2.45) is 0 Å². The lowest BCUT2D eigenvalue weighted by atomic mass is 10.3. The SMILES string of the molecule is CCOC(=O)C=CC(=O)NC(=S)Nc1ccc(S(=O)(=O)Nc2nc(C)cc(C)n2)cc1. The second-order valence-electron chi connectivity index (χ2n) is 6.13. The number of hydrogen-bond donors (Lipinski definition) is 3. The predicted octanol–water partition coefficient (Wildman–Crippen LogP) is 1.83. The average molecular weight is 464 g/mol. The minimum atomic E-state index is -3.89. The number of aromatic nitrogens is 2. The number of nitrogens with one attached hydrogen (secondary N) is 3. The smallest absolute Gasteiger partial charge is 0.330 e. The van der Waals surface area contributed by atoms with Gasteiger partial charge in [-0.2, -0.15) is 0 Å². The van der Waals surface area contributed by atoms with Crippen molar-refractivity contribution in [3.8, 4) is 0 Å². The summed E-state index contributed by atoms with van der Waals surface area (Å²) in [6.07, 6.45) is 1.97. The lowest BCUT2D eigenvalue weighted by Crippen LogP contribution is -2.33. The fourth-order valence-electron chi connectivity index (χ4n) is 2.32. The summed E-state index contributed by atoms with van der Waals surface area (Å²) in [6.45, 7) is 5.32. The van der Waals surface area contributed by atoms with Crippen LogP contribution in [0.25, 0.3) is 0 Å². The molecule has 1 amide bonds. The summed E-state index contributed by atoms with van der Waals surface area (Å²) in [5, 5.41) is 5.06. The number of benzene rings is 1. The van der Waals surface area contributed by atoms with Gasteiger partial charge in [-0.05, 0) is 63.3 Å². The van der Waals surface area contributed by atoms with Gasteiger partial charge in [0.05, 0.1) is 11.5 Å². The molecule has 0 fully saturated rings. The Hall–Kier alpha value is -3.38. The predicted molar refractivity (Wildman–Crippen MR) is 119 cm³/mol. The number of amides is 1. The highest BCUT2D eigenvalue weighted by molar-refractivity contribution is 7.92. The molecule has 0 aliphatic rings. The molecule has 1 aromatic heterocycles. The van der Waals surface area contributed by atoms with Gasteiger partial charge in [0, 0.05) is 29.2 Å². The summed E-state index contributed by atoms with van der Waals surface area (Å²) in [4.78, 5) is 31.0. The van der Waals surface area contributed by atoms with Crippen molar-refractivity contribution in [1.29, 1.82) is 0 Å². The first kappa shape index (κ1) is 23.9. The van der Waals surface area contributed by atoms with Crippen LogP contribution in [0.3, 0.4) is 0 Å². The number of thiocarbonyl (C=S) groups is 1. The topological polar surface area (TPSA) is 139 Å². The van der Waals surface area contributed by atoms with E-state index >= 15 is 0 Å². The van der Waals surface area contributed by atoms with Gasteiger partial charge in [-0.15, -0.1) is 0 Å². The molecule has 2 rings (SSSR count). The average Bonchev–Trinajstić information content (AvgIpc) is 2.65. The van der Waals surface area contributed by atoms with E-state index in [1.807, 2.05) is 0 Å². The number of nitrogens with zero attached hydrogens (tertiary/aromatic N) is 2. The largest absolute Gasteiger partial charge is 0.463 e. The highest BCUT2D eigenvalue weighted by atomic mass is 32.2. The Morgan fingerprint density at radius 1 is 1.10 bits per heavy atom. The quantitative estimate of drug-likeness (QED) is 0.319. The molecule has 1 aromatic carbocycles. The maximum Gasteiger partial charge on any atom is 0.330 e. The first-order chi connectivity index (χ1) is 14.6. The molecule has 31 heavy (non-hydrogen) atoms. The van der Waals surface area contributed by atoms with E-state index in [-0.39, 0.29) is 22.6 Å².